The van der Waals surface area contributed by atoms with Crippen molar-refractivity contribution in [1.29, 1.82) is 0 Å². The number of para-hydroxylation sites is 1. The van der Waals surface area contributed by atoms with Gasteiger partial charge >= 0.3 is 6.03 Å². The smallest absolute Gasteiger partial charge is 0.319 e. The van der Waals surface area contributed by atoms with E-state index in [0.29, 0.717) is 6.54 Å². The summed E-state index contributed by atoms with van der Waals surface area (Å²) in [5.74, 6) is 0. The predicted molar refractivity (Wildman–Crippen MR) is 87.8 cm³/mol. The first kappa shape index (κ1) is 14.1. The van der Waals surface area contributed by atoms with E-state index in [1.165, 1.54) is 0 Å². The van der Waals surface area contributed by atoms with Gasteiger partial charge in [-0.25, -0.2) is 9.78 Å². The third kappa shape index (κ3) is 3.44. The summed E-state index contributed by atoms with van der Waals surface area (Å²) in [6, 6.07) is 15.3. The molecule has 0 spiro atoms. The van der Waals surface area contributed by atoms with Gasteiger partial charge in [-0.1, -0.05) is 18.2 Å². The summed E-state index contributed by atoms with van der Waals surface area (Å²) in [4.78, 5) is 16.1. The highest BCUT2D eigenvalue weighted by molar-refractivity contribution is 5.89. The van der Waals surface area contributed by atoms with Gasteiger partial charge in [0.05, 0.1) is 0 Å². The number of rotatable bonds is 5. The maximum absolute atomic E-state index is 11.7. The number of urea groups is 1. The van der Waals surface area contributed by atoms with Crippen LogP contribution in [0.25, 0.3) is 11.0 Å². The zero-order valence-electron chi connectivity index (χ0n) is 12.2. The molecule has 0 aliphatic heterocycles. The Morgan fingerprint density at radius 2 is 1.95 bits per heavy atom. The van der Waals surface area contributed by atoms with Gasteiger partial charge in [0, 0.05) is 36.6 Å². The van der Waals surface area contributed by atoms with E-state index in [2.05, 4.69) is 26.3 Å². The Morgan fingerprint density at radius 3 is 2.82 bits per heavy atom. The second kappa shape index (κ2) is 6.76. The molecule has 2 aromatic heterocycles. The Hall–Kier alpha value is -2.82. The largest absolute Gasteiger partial charge is 0.338 e. The molecule has 5 heteroatoms. The number of pyridine rings is 1. The molecule has 0 aliphatic carbocycles. The first-order valence-corrected chi connectivity index (χ1v) is 7.33. The van der Waals surface area contributed by atoms with Gasteiger partial charge in [0.2, 0.25) is 0 Å². The maximum atomic E-state index is 11.7. The fraction of sp³-hybridized carbons (Fsp3) is 0.176. The number of aromatic nitrogens is 2. The van der Waals surface area contributed by atoms with Crippen LogP contribution in [-0.2, 0) is 6.54 Å². The molecule has 0 radical (unpaired) electrons. The summed E-state index contributed by atoms with van der Waals surface area (Å²) < 4.78 is 2.10. The molecule has 3 aromatic rings. The molecular formula is C17H18N4O. The van der Waals surface area contributed by atoms with Crippen molar-refractivity contribution in [3.63, 3.8) is 0 Å². The molecule has 0 bridgehead atoms. The number of amides is 2. The van der Waals surface area contributed by atoms with Crippen LogP contribution < -0.4 is 10.6 Å². The molecule has 0 atom stereocenters. The fourth-order valence-corrected chi connectivity index (χ4v) is 2.35. The average molecular weight is 294 g/mol. The number of carbonyl (C=O) groups is 1. The Kier molecular flexibility index (Phi) is 4.34. The molecular weight excluding hydrogens is 276 g/mol. The normalized spacial score (nSPS) is 10.5. The lowest BCUT2D eigenvalue weighted by molar-refractivity contribution is 0.252. The van der Waals surface area contributed by atoms with Gasteiger partial charge in [-0.15, -0.1) is 0 Å². The average Bonchev–Trinajstić information content (AvgIpc) is 2.96. The quantitative estimate of drug-likeness (QED) is 0.710. The van der Waals surface area contributed by atoms with E-state index < -0.39 is 0 Å². The van der Waals surface area contributed by atoms with E-state index in [4.69, 9.17) is 0 Å². The number of hydrogen-bond acceptors (Lipinski definition) is 2. The minimum absolute atomic E-state index is 0.179. The summed E-state index contributed by atoms with van der Waals surface area (Å²) in [6.45, 7) is 1.44. The molecule has 0 saturated carbocycles. The molecule has 0 fully saturated rings. The van der Waals surface area contributed by atoms with Gasteiger partial charge in [0.15, 0.2) is 0 Å². The molecule has 2 N–H and O–H groups in total. The molecule has 22 heavy (non-hydrogen) atoms. The van der Waals surface area contributed by atoms with Crippen LogP contribution in [0, 0.1) is 0 Å². The van der Waals surface area contributed by atoms with E-state index in [-0.39, 0.29) is 6.03 Å². The molecule has 3 rings (SSSR count). The third-order valence-corrected chi connectivity index (χ3v) is 3.42. The van der Waals surface area contributed by atoms with Crippen molar-refractivity contribution in [2.24, 2.45) is 0 Å². The standard InChI is InChI=1S/C17H18N4O/c22-17(20-15-7-2-1-3-8-15)19-11-5-12-21-13-9-14-6-4-10-18-16(14)21/h1-4,6-10,13H,5,11-12H2,(H2,19,20,22). The summed E-state index contributed by atoms with van der Waals surface area (Å²) in [5.41, 5.74) is 1.77. The van der Waals surface area contributed by atoms with Crippen molar-refractivity contribution in [3.8, 4) is 0 Å². The lowest BCUT2D eigenvalue weighted by Gasteiger charge is -2.08. The van der Waals surface area contributed by atoms with Crippen LogP contribution in [0.4, 0.5) is 10.5 Å². The van der Waals surface area contributed by atoms with Crippen LogP contribution >= 0.6 is 0 Å². The number of benzene rings is 1. The summed E-state index contributed by atoms with van der Waals surface area (Å²) in [5, 5.41) is 6.79. The third-order valence-electron chi connectivity index (χ3n) is 3.42. The van der Waals surface area contributed by atoms with Crippen LogP contribution in [0.2, 0.25) is 0 Å². The van der Waals surface area contributed by atoms with Crippen molar-refractivity contribution in [2.45, 2.75) is 13.0 Å². The van der Waals surface area contributed by atoms with Crippen LogP contribution in [-0.4, -0.2) is 22.1 Å². The van der Waals surface area contributed by atoms with Crippen LogP contribution in [0.5, 0.6) is 0 Å². The van der Waals surface area contributed by atoms with Crippen molar-refractivity contribution in [2.75, 3.05) is 11.9 Å². The monoisotopic (exact) mass is 294 g/mol. The van der Waals surface area contributed by atoms with Crippen molar-refractivity contribution in [1.82, 2.24) is 14.9 Å². The fourth-order valence-electron chi connectivity index (χ4n) is 2.35. The molecule has 2 amide bonds. The summed E-state index contributed by atoms with van der Waals surface area (Å²) in [6.07, 6.45) is 4.68. The Morgan fingerprint density at radius 1 is 1.09 bits per heavy atom. The van der Waals surface area contributed by atoms with E-state index >= 15 is 0 Å². The van der Waals surface area contributed by atoms with Gasteiger partial charge in [0.25, 0.3) is 0 Å². The Balaban J connectivity index is 1.45. The molecule has 2 heterocycles. The predicted octanol–water partition coefficient (Wildman–Crippen LogP) is 3.25. The molecule has 112 valence electrons. The zero-order chi connectivity index (χ0) is 15.2. The number of anilines is 1. The van der Waals surface area contributed by atoms with Crippen molar-refractivity contribution < 1.29 is 4.79 Å². The molecule has 0 aliphatic rings. The Bertz CT molecular complexity index is 751. The maximum Gasteiger partial charge on any atom is 0.319 e. The lowest BCUT2D eigenvalue weighted by atomic mass is 10.3. The van der Waals surface area contributed by atoms with Gasteiger partial charge in [-0.2, -0.15) is 0 Å². The van der Waals surface area contributed by atoms with Gasteiger partial charge < -0.3 is 15.2 Å². The highest BCUT2D eigenvalue weighted by atomic mass is 16.2. The second-order valence-electron chi connectivity index (χ2n) is 5.03. The van der Waals surface area contributed by atoms with Crippen LogP contribution in [0.15, 0.2) is 60.9 Å². The van der Waals surface area contributed by atoms with E-state index in [1.54, 1.807) is 6.20 Å². The lowest BCUT2D eigenvalue weighted by Crippen LogP contribution is -2.30. The van der Waals surface area contributed by atoms with Crippen LogP contribution in [0.3, 0.4) is 0 Å². The number of nitrogens with zero attached hydrogens (tertiary/aromatic N) is 2. The van der Waals surface area contributed by atoms with Gasteiger partial charge in [-0.3, -0.25) is 0 Å². The minimum atomic E-state index is -0.179. The van der Waals surface area contributed by atoms with Gasteiger partial charge in [-0.05, 0) is 36.8 Å². The second-order valence-corrected chi connectivity index (χ2v) is 5.03. The first-order valence-electron chi connectivity index (χ1n) is 7.33. The Labute approximate surface area is 129 Å². The van der Waals surface area contributed by atoms with Gasteiger partial charge in [0.1, 0.15) is 5.65 Å². The van der Waals surface area contributed by atoms with E-state index in [1.807, 2.05) is 48.7 Å². The first-order chi connectivity index (χ1) is 10.8. The zero-order valence-corrected chi connectivity index (χ0v) is 12.2. The summed E-state index contributed by atoms with van der Waals surface area (Å²) in [7, 11) is 0. The molecule has 0 unspecified atom stereocenters. The summed E-state index contributed by atoms with van der Waals surface area (Å²) >= 11 is 0. The highest BCUT2D eigenvalue weighted by Gasteiger charge is 2.02. The number of nitrogens with one attached hydrogen (secondary N) is 2. The van der Waals surface area contributed by atoms with E-state index in [0.717, 1.165) is 29.7 Å². The van der Waals surface area contributed by atoms with E-state index in [9.17, 15) is 4.79 Å². The molecule has 0 saturated heterocycles. The number of aryl methyl sites for hydroxylation is 1. The number of carbonyl (C=O) groups excluding carboxylic acids is 1. The number of hydrogen-bond donors (Lipinski definition) is 2. The van der Waals surface area contributed by atoms with Crippen LogP contribution in [0.1, 0.15) is 6.42 Å². The SMILES string of the molecule is O=C(NCCCn1ccc2cccnc21)Nc1ccccc1. The molecule has 1 aromatic carbocycles. The minimum Gasteiger partial charge on any atom is -0.338 e. The topological polar surface area (TPSA) is 59.0 Å². The highest BCUT2D eigenvalue weighted by Crippen LogP contribution is 2.12. The molecule has 5 nitrogen and oxygen atoms in total. The van der Waals surface area contributed by atoms with Crippen molar-refractivity contribution >= 4 is 22.8 Å². The van der Waals surface area contributed by atoms with Crippen molar-refractivity contribution in [3.05, 3.63) is 60.9 Å². The number of fused-ring (bicyclic) bond motifs is 1.